The fourth-order valence-corrected chi connectivity index (χ4v) is 3.49. The maximum atomic E-state index is 12.0. The molecule has 1 saturated carbocycles. The average molecular weight is 364 g/mol. The molecule has 0 saturated heterocycles. The van der Waals surface area contributed by atoms with Gasteiger partial charge in [0.25, 0.3) is 5.56 Å². The van der Waals surface area contributed by atoms with Crippen LogP contribution in [0.4, 0.5) is 0 Å². The zero-order valence-electron chi connectivity index (χ0n) is 10.3. The van der Waals surface area contributed by atoms with Crippen LogP contribution >= 0.6 is 22.6 Å². The van der Waals surface area contributed by atoms with Crippen molar-refractivity contribution in [1.82, 2.24) is 9.97 Å². The normalized spacial score (nSPS) is 20.8. The Bertz CT molecular complexity index is 718. The van der Waals surface area contributed by atoms with E-state index in [4.69, 9.17) is 4.98 Å². The van der Waals surface area contributed by atoms with Crippen LogP contribution in [0.2, 0.25) is 0 Å². The van der Waals surface area contributed by atoms with Crippen LogP contribution in [-0.4, -0.2) is 9.97 Å². The van der Waals surface area contributed by atoms with E-state index in [1.165, 1.54) is 24.0 Å². The molecule has 19 heavy (non-hydrogen) atoms. The topological polar surface area (TPSA) is 45.8 Å². The van der Waals surface area contributed by atoms with Crippen molar-refractivity contribution in [3.63, 3.8) is 0 Å². The molecular formula is C15H13IN2O. The number of fused-ring (bicyclic) bond motifs is 1. The zero-order valence-corrected chi connectivity index (χ0v) is 12.5. The summed E-state index contributed by atoms with van der Waals surface area (Å²) in [5, 5.41) is 0. The molecule has 2 aliphatic rings. The van der Waals surface area contributed by atoms with E-state index >= 15 is 0 Å². The van der Waals surface area contributed by atoms with Gasteiger partial charge in [-0.3, -0.25) is 4.79 Å². The minimum Gasteiger partial charge on any atom is -0.309 e. The first-order valence-electron chi connectivity index (χ1n) is 6.61. The summed E-state index contributed by atoms with van der Waals surface area (Å²) in [6, 6.07) is 8.41. The van der Waals surface area contributed by atoms with Gasteiger partial charge in [-0.2, -0.15) is 0 Å². The van der Waals surface area contributed by atoms with Crippen molar-refractivity contribution in [3.8, 4) is 0 Å². The molecule has 1 heterocycles. The lowest BCUT2D eigenvalue weighted by Gasteiger charge is -2.29. The lowest BCUT2D eigenvalue weighted by Crippen LogP contribution is -2.26. The first-order chi connectivity index (χ1) is 9.24. The number of H-pyrrole nitrogens is 1. The predicted molar refractivity (Wildman–Crippen MR) is 81.5 cm³/mol. The summed E-state index contributed by atoms with van der Waals surface area (Å²) in [5.74, 6) is 1.65. The van der Waals surface area contributed by atoms with E-state index in [-0.39, 0.29) is 11.5 Å². The summed E-state index contributed by atoms with van der Waals surface area (Å²) < 4.78 is 0.774. The maximum Gasteiger partial charge on any atom is 0.264 e. The highest BCUT2D eigenvalue weighted by atomic mass is 127. The molecule has 4 heteroatoms. The number of aromatic amines is 1. The van der Waals surface area contributed by atoms with E-state index in [0.29, 0.717) is 5.92 Å². The molecule has 0 aliphatic heterocycles. The number of aromatic nitrogens is 2. The lowest BCUT2D eigenvalue weighted by atomic mass is 9.77. The smallest absolute Gasteiger partial charge is 0.264 e. The van der Waals surface area contributed by atoms with Gasteiger partial charge in [0.15, 0.2) is 0 Å². The van der Waals surface area contributed by atoms with Gasteiger partial charge in [-0.15, -0.1) is 0 Å². The fraction of sp³-hybridized carbons (Fsp3) is 0.333. The van der Waals surface area contributed by atoms with E-state index in [0.717, 1.165) is 21.5 Å². The molecule has 1 atom stereocenters. The van der Waals surface area contributed by atoms with Crippen LogP contribution in [-0.2, 0) is 6.42 Å². The summed E-state index contributed by atoms with van der Waals surface area (Å²) in [7, 11) is 0. The number of rotatable bonds is 2. The van der Waals surface area contributed by atoms with E-state index in [9.17, 15) is 4.79 Å². The second kappa shape index (κ2) is 4.16. The Kier molecular flexibility index (Phi) is 2.55. The van der Waals surface area contributed by atoms with Gasteiger partial charge in [-0.05, 0) is 53.0 Å². The van der Waals surface area contributed by atoms with Crippen LogP contribution in [0.15, 0.2) is 29.1 Å². The third-order valence-electron chi connectivity index (χ3n) is 4.06. The largest absolute Gasteiger partial charge is 0.309 e. The Morgan fingerprint density at radius 1 is 1.26 bits per heavy atom. The van der Waals surface area contributed by atoms with E-state index < -0.39 is 0 Å². The summed E-state index contributed by atoms with van der Waals surface area (Å²) in [6.07, 6.45) is 3.34. The molecule has 0 spiro atoms. The van der Waals surface area contributed by atoms with Crippen molar-refractivity contribution in [3.05, 3.63) is 60.8 Å². The minimum absolute atomic E-state index is 0.0249. The van der Waals surface area contributed by atoms with Crippen molar-refractivity contribution in [1.29, 1.82) is 0 Å². The van der Waals surface area contributed by atoms with Gasteiger partial charge in [0, 0.05) is 11.8 Å². The first-order valence-corrected chi connectivity index (χ1v) is 7.69. The van der Waals surface area contributed by atoms with E-state index in [2.05, 4.69) is 51.8 Å². The van der Waals surface area contributed by atoms with Gasteiger partial charge in [-0.1, -0.05) is 24.3 Å². The second-order valence-corrected chi connectivity index (χ2v) is 6.46. The highest BCUT2D eigenvalue weighted by Crippen LogP contribution is 2.42. The van der Waals surface area contributed by atoms with Crippen molar-refractivity contribution in [2.24, 2.45) is 0 Å². The molecular weight excluding hydrogens is 351 g/mol. The quantitative estimate of drug-likeness (QED) is 0.833. The van der Waals surface area contributed by atoms with E-state index in [1.54, 1.807) is 0 Å². The monoisotopic (exact) mass is 364 g/mol. The van der Waals surface area contributed by atoms with Crippen molar-refractivity contribution < 1.29 is 0 Å². The van der Waals surface area contributed by atoms with Crippen molar-refractivity contribution in [2.75, 3.05) is 0 Å². The van der Waals surface area contributed by atoms with Gasteiger partial charge >= 0.3 is 0 Å². The third kappa shape index (κ3) is 1.84. The molecule has 1 aromatic heterocycles. The van der Waals surface area contributed by atoms with Crippen molar-refractivity contribution >= 4 is 22.6 Å². The van der Waals surface area contributed by atoms with Gasteiger partial charge in [-0.25, -0.2) is 4.98 Å². The molecule has 0 amide bonds. The fourth-order valence-electron chi connectivity index (χ4n) is 2.79. The molecule has 3 nitrogen and oxygen atoms in total. The van der Waals surface area contributed by atoms with Crippen LogP contribution in [0.1, 0.15) is 47.3 Å². The Hall–Kier alpha value is -1.17. The Balaban J connectivity index is 1.79. The van der Waals surface area contributed by atoms with Crippen LogP contribution in [0.5, 0.6) is 0 Å². The molecule has 1 unspecified atom stereocenters. The standard InChI is InChI=1S/C15H13IN2O/c16-12-13(8-5-6-8)17-14(18-15(12)19)11-7-9-3-1-2-4-10(9)11/h1-4,8,11H,5-7H2,(H,17,18,19). The van der Waals surface area contributed by atoms with Gasteiger partial charge in [0.1, 0.15) is 5.82 Å². The Morgan fingerprint density at radius 2 is 2.05 bits per heavy atom. The SMILES string of the molecule is O=c1[nH]c(C2Cc3ccccc32)nc(C2CC2)c1I. The molecule has 1 aromatic carbocycles. The predicted octanol–water partition coefficient (Wildman–Crippen LogP) is 2.94. The number of nitrogens with one attached hydrogen (secondary N) is 1. The van der Waals surface area contributed by atoms with Crippen LogP contribution in [0, 0.1) is 3.57 Å². The van der Waals surface area contributed by atoms with Crippen LogP contribution in [0.25, 0.3) is 0 Å². The molecule has 96 valence electrons. The van der Waals surface area contributed by atoms with Crippen LogP contribution in [0.3, 0.4) is 0 Å². The number of hydrogen-bond donors (Lipinski definition) is 1. The zero-order chi connectivity index (χ0) is 13.0. The Morgan fingerprint density at radius 3 is 2.79 bits per heavy atom. The number of nitrogens with zero attached hydrogens (tertiary/aromatic N) is 1. The average Bonchev–Trinajstić information content (AvgIpc) is 3.19. The summed E-state index contributed by atoms with van der Waals surface area (Å²) in [5.41, 5.74) is 3.73. The highest BCUT2D eigenvalue weighted by molar-refractivity contribution is 14.1. The second-order valence-electron chi connectivity index (χ2n) is 5.38. The molecule has 1 N–H and O–H groups in total. The number of halogens is 1. The lowest BCUT2D eigenvalue weighted by molar-refractivity contribution is 0.647. The maximum absolute atomic E-state index is 12.0. The summed E-state index contributed by atoms with van der Waals surface area (Å²) in [6.45, 7) is 0. The minimum atomic E-state index is 0.0249. The number of hydrogen-bond acceptors (Lipinski definition) is 2. The molecule has 0 bridgehead atoms. The summed E-state index contributed by atoms with van der Waals surface area (Å²) in [4.78, 5) is 19.8. The van der Waals surface area contributed by atoms with E-state index in [1.807, 2.05) is 0 Å². The summed E-state index contributed by atoms with van der Waals surface area (Å²) >= 11 is 2.12. The van der Waals surface area contributed by atoms with Gasteiger partial charge in [0.2, 0.25) is 0 Å². The highest BCUT2D eigenvalue weighted by Gasteiger charge is 2.33. The van der Waals surface area contributed by atoms with Gasteiger partial charge < -0.3 is 4.98 Å². The van der Waals surface area contributed by atoms with Gasteiger partial charge in [0.05, 0.1) is 9.26 Å². The van der Waals surface area contributed by atoms with Crippen molar-refractivity contribution in [2.45, 2.75) is 31.1 Å². The third-order valence-corrected chi connectivity index (χ3v) is 5.10. The molecule has 0 radical (unpaired) electrons. The molecule has 1 fully saturated rings. The first kappa shape index (κ1) is 11.6. The molecule has 2 aromatic rings. The number of benzene rings is 1. The Labute approximate surface area is 124 Å². The molecule has 2 aliphatic carbocycles. The molecule has 4 rings (SSSR count). The van der Waals surface area contributed by atoms with Crippen LogP contribution < -0.4 is 5.56 Å².